The predicted molar refractivity (Wildman–Crippen MR) is 94.4 cm³/mol. The van der Waals surface area contributed by atoms with E-state index in [9.17, 15) is 4.79 Å². The number of fused-ring (bicyclic) bond motifs is 1. The lowest BCUT2D eigenvalue weighted by Gasteiger charge is -2.15. The molecule has 4 rings (SSSR count). The summed E-state index contributed by atoms with van der Waals surface area (Å²) in [6, 6.07) is 9.05. The molecular formula is C19H16N4O4. The largest absolute Gasteiger partial charge is 0.497 e. The number of furan rings is 1. The summed E-state index contributed by atoms with van der Waals surface area (Å²) in [7, 11) is 1.59. The molecule has 0 unspecified atom stereocenters. The number of hydrogen-bond donors (Lipinski definition) is 0. The van der Waals surface area contributed by atoms with Gasteiger partial charge in [0.1, 0.15) is 23.5 Å². The smallest absolute Gasteiger partial charge is 0.289 e. The number of methoxy groups -OCH3 is 1. The molecule has 1 atom stereocenters. The van der Waals surface area contributed by atoms with E-state index in [0.29, 0.717) is 30.8 Å². The normalized spacial score (nSPS) is 16.3. The Kier molecular flexibility index (Phi) is 4.34. The Morgan fingerprint density at radius 2 is 2.19 bits per heavy atom. The van der Waals surface area contributed by atoms with E-state index in [0.717, 1.165) is 5.39 Å². The molecule has 0 bridgehead atoms. The van der Waals surface area contributed by atoms with Crippen LogP contribution in [0, 0.1) is 11.3 Å². The molecule has 136 valence electrons. The first-order chi connectivity index (χ1) is 13.2. The predicted octanol–water partition coefficient (Wildman–Crippen LogP) is 2.40. The number of nitrogens with zero attached hydrogens (tertiary/aromatic N) is 4. The Morgan fingerprint density at radius 1 is 1.33 bits per heavy atom. The molecule has 0 radical (unpaired) electrons. The molecule has 0 saturated carbocycles. The van der Waals surface area contributed by atoms with Crippen molar-refractivity contribution < 1.29 is 18.7 Å². The van der Waals surface area contributed by atoms with Crippen LogP contribution in [0.3, 0.4) is 0 Å². The molecule has 1 amide bonds. The van der Waals surface area contributed by atoms with Gasteiger partial charge in [-0.1, -0.05) is 0 Å². The van der Waals surface area contributed by atoms with Crippen molar-refractivity contribution in [3.63, 3.8) is 0 Å². The summed E-state index contributed by atoms with van der Waals surface area (Å²) in [5.74, 6) is 0.969. The first-order valence-electron chi connectivity index (χ1n) is 8.42. The number of carbonyl (C=O) groups excluding carboxylic acids is 1. The summed E-state index contributed by atoms with van der Waals surface area (Å²) in [5, 5.41) is 9.88. The van der Waals surface area contributed by atoms with Gasteiger partial charge in [0, 0.05) is 30.7 Å². The first kappa shape index (κ1) is 16.8. The monoisotopic (exact) mass is 364 g/mol. The van der Waals surface area contributed by atoms with Crippen LogP contribution in [0.15, 0.2) is 41.1 Å². The standard InChI is InChI=1S/C19H16N4O4/c1-25-13-2-3-16-12(8-13)9-17(27-16)19(24)23-7-4-14(11-23)26-18-15(10-20)21-5-6-22-18/h2-3,5-6,8-9,14H,4,7,11H2,1H3/t14-/m1/s1. The van der Waals surface area contributed by atoms with E-state index in [1.54, 1.807) is 30.2 Å². The number of aromatic nitrogens is 2. The van der Waals surface area contributed by atoms with Gasteiger partial charge in [-0.2, -0.15) is 5.26 Å². The zero-order valence-corrected chi connectivity index (χ0v) is 14.6. The third kappa shape index (κ3) is 3.27. The van der Waals surface area contributed by atoms with Crippen LogP contribution in [-0.2, 0) is 0 Å². The summed E-state index contributed by atoms with van der Waals surface area (Å²) >= 11 is 0. The summed E-state index contributed by atoms with van der Waals surface area (Å²) in [5.41, 5.74) is 0.762. The highest BCUT2D eigenvalue weighted by molar-refractivity contribution is 5.96. The Hall–Kier alpha value is -3.60. The zero-order valence-electron chi connectivity index (χ0n) is 14.6. The van der Waals surface area contributed by atoms with Crippen LogP contribution in [0.1, 0.15) is 22.7 Å². The van der Waals surface area contributed by atoms with Crippen LogP contribution in [0.4, 0.5) is 0 Å². The third-order valence-corrected chi connectivity index (χ3v) is 4.42. The van der Waals surface area contributed by atoms with Gasteiger partial charge in [0.25, 0.3) is 11.8 Å². The second kappa shape index (κ2) is 6.96. The van der Waals surface area contributed by atoms with Crippen LogP contribution in [-0.4, -0.2) is 47.1 Å². The minimum Gasteiger partial charge on any atom is -0.497 e. The van der Waals surface area contributed by atoms with Gasteiger partial charge in [-0.15, -0.1) is 0 Å². The van der Waals surface area contributed by atoms with Crippen molar-refractivity contribution in [2.75, 3.05) is 20.2 Å². The molecule has 0 spiro atoms. The molecule has 1 aromatic carbocycles. The molecule has 8 nitrogen and oxygen atoms in total. The molecule has 3 aromatic rings. The van der Waals surface area contributed by atoms with Gasteiger partial charge in [-0.3, -0.25) is 4.79 Å². The fraction of sp³-hybridized carbons (Fsp3) is 0.263. The SMILES string of the molecule is COc1ccc2oc(C(=O)N3CC[C@@H](Oc4nccnc4C#N)C3)cc2c1. The lowest BCUT2D eigenvalue weighted by atomic mass is 10.2. The van der Waals surface area contributed by atoms with E-state index in [-0.39, 0.29) is 29.3 Å². The van der Waals surface area contributed by atoms with Crippen molar-refractivity contribution in [1.29, 1.82) is 5.26 Å². The number of hydrogen-bond acceptors (Lipinski definition) is 7. The van der Waals surface area contributed by atoms with Gasteiger partial charge in [-0.05, 0) is 24.3 Å². The number of likely N-dealkylation sites (tertiary alicyclic amines) is 1. The van der Waals surface area contributed by atoms with Gasteiger partial charge in [0.15, 0.2) is 5.76 Å². The lowest BCUT2D eigenvalue weighted by Crippen LogP contribution is -2.30. The Bertz CT molecular complexity index is 1040. The molecule has 2 aromatic heterocycles. The van der Waals surface area contributed by atoms with Crippen LogP contribution < -0.4 is 9.47 Å². The molecular weight excluding hydrogens is 348 g/mol. The van der Waals surface area contributed by atoms with E-state index >= 15 is 0 Å². The number of benzene rings is 1. The van der Waals surface area contributed by atoms with E-state index < -0.39 is 0 Å². The summed E-state index contributed by atoms with van der Waals surface area (Å²) < 4.78 is 16.6. The fourth-order valence-corrected chi connectivity index (χ4v) is 3.06. The maximum atomic E-state index is 12.8. The van der Waals surface area contributed by atoms with Crippen LogP contribution in [0.5, 0.6) is 11.6 Å². The number of carbonyl (C=O) groups is 1. The number of nitriles is 1. The average molecular weight is 364 g/mol. The highest BCUT2D eigenvalue weighted by atomic mass is 16.5. The Balaban J connectivity index is 1.47. The second-order valence-corrected chi connectivity index (χ2v) is 6.12. The first-order valence-corrected chi connectivity index (χ1v) is 8.42. The molecule has 1 saturated heterocycles. The molecule has 8 heteroatoms. The third-order valence-electron chi connectivity index (χ3n) is 4.42. The highest BCUT2D eigenvalue weighted by Gasteiger charge is 2.30. The van der Waals surface area contributed by atoms with Crippen molar-refractivity contribution in [3.05, 3.63) is 48.1 Å². The molecule has 27 heavy (non-hydrogen) atoms. The maximum absolute atomic E-state index is 12.8. The van der Waals surface area contributed by atoms with Gasteiger partial charge >= 0.3 is 0 Å². The zero-order chi connectivity index (χ0) is 18.8. The maximum Gasteiger partial charge on any atom is 0.289 e. The fourth-order valence-electron chi connectivity index (χ4n) is 3.06. The number of ether oxygens (including phenoxy) is 2. The van der Waals surface area contributed by atoms with E-state index in [1.807, 2.05) is 12.1 Å². The highest BCUT2D eigenvalue weighted by Crippen LogP contribution is 2.26. The van der Waals surface area contributed by atoms with Crippen molar-refractivity contribution in [2.45, 2.75) is 12.5 Å². The quantitative estimate of drug-likeness (QED) is 0.700. The number of rotatable bonds is 4. The van der Waals surface area contributed by atoms with Gasteiger partial charge in [-0.25, -0.2) is 9.97 Å². The lowest BCUT2D eigenvalue weighted by molar-refractivity contribution is 0.0742. The van der Waals surface area contributed by atoms with Crippen molar-refractivity contribution in [3.8, 4) is 17.7 Å². The molecule has 1 fully saturated rings. The van der Waals surface area contributed by atoms with Gasteiger partial charge in [0.2, 0.25) is 5.69 Å². The summed E-state index contributed by atoms with van der Waals surface area (Å²) in [4.78, 5) is 22.4. The average Bonchev–Trinajstić information content (AvgIpc) is 3.34. The summed E-state index contributed by atoms with van der Waals surface area (Å²) in [6.07, 6.45) is 3.30. The van der Waals surface area contributed by atoms with Crippen LogP contribution in [0.25, 0.3) is 11.0 Å². The van der Waals surface area contributed by atoms with Gasteiger partial charge < -0.3 is 18.8 Å². The van der Waals surface area contributed by atoms with Crippen molar-refractivity contribution >= 4 is 16.9 Å². The Morgan fingerprint density at radius 3 is 3.00 bits per heavy atom. The van der Waals surface area contributed by atoms with Crippen LogP contribution >= 0.6 is 0 Å². The van der Waals surface area contributed by atoms with E-state index in [2.05, 4.69) is 9.97 Å². The second-order valence-electron chi connectivity index (χ2n) is 6.12. The topological polar surface area (TPSA) is 101 Å². The van der Waals surface area contributed by atoms with Crippen molar-refractivity contribution in [2.24, 2.45) is 0 Å². The molecule has 1 aliphatic rings. The molecule has 1 aliphatic heterocycles. The summed E-state index contributed by atoms with van der Waals surface area (Å²) in [6.45, 7) is 0.923. The van der Waals surface area contributed by atoms with E-state index in [1.165, 1.54) is 12.4 Å². The molecule has 0 aliphatic carbocycles. The minimum absolute atomic E-state index is 0.133. The van der Waals surface area contributed by atoms with Crippen LogP contribution in [0.2, 0.25) is 0 Å². The van der Waals surface area contributed by atoms with Crippen molar-refractivity contribution in [1.82, 2.24) is 14.9 Å². The molecule has 3 heterocycles. The minimum atomic E-state index is -0.248. The van der Waals surface area contributed by atoms with E-state index in [4.69, 9.17) is 19.2 Å². The van der Waals surface area contributed by atoms with Gasteiger partial charge in [0.05, 0.1) is 13.7 Å². The molecule has 0 N–H and O–H groups in total. The number of amides is 1. The Labute approximate surface area is 154 Å².